The van der Waals surface area contributed by atoms with Crippen molar-refractivity contribution in [3.05, 3.63) is 59.4 Å². The lowest BCUT2D eigenvalue weighted by molar-refractivity contribution is 0.0597. The Kier molecular flexibility index (Phi) is 5.22. The van der Waals surface area contributed by atoms with Gasteiger partial charge in [0, 0.05) is 16.2 Å². The molecule has 0 atom stereocenters. The van der Waals surface area contributed by atoms with Crippen LogP contribution in [0.25, 0.3) is 0 Å². The van der Waals surface area contributed by atoms with Gasteiger partial charge in [-0.3, -0.25) is 0 Å². The van der Waals surface area contributed by atoms with Crippen LogP contribution in [-0.4, -0.2) is 20.2 Å². The Morgan fingerprint density at radius 2 is 1.95 bits per heavy atom. The van der Waals surface area contributed by atoms with Gasteiger partial charge in [0.05, 0.1) is 14.2 Å². The van der Waals surface area contributed by atoms with Gasteiger partial charge in [-0.05, 0) is 24.3 Å². The standard InChI is InChI=1S/C16H15FO3S/c1-19-15-11(5-3-8-14(15)16(18)20-2)10-21-13-7-4-6-12(17)9-13/h3-9H,10H2,1-2H3. The molecular formula is C16H15FO3S. The van der Waals surface area contributed by atoms with Crippen molar-refractivity contribution in [3.63, 3.8) is 0 Å². The Balaban J connectivity index is 2.22. The van der Waals surface area contributed by atoms with Gasteiger partial charge in [-0.1, -0.05) is 18.2 Å². The number of hydrogen-bond acceptors (Lipinski definition) is 4. The monoisotopic (exact) mass is 306 g/mol. The number of esters is 1. The Morgan fingerprint density at radius 1 is 1.19 bits per heavy atom. The van der Waals surface area contributed by atoms with Crippen molar-refractivity contribution in [2.45, 2.75) is 10.6 Å². The second-order valence-corrected chi connectivity index (χ2v) is 5.28. The van der Waals surface area contributed by atoms with Crippen LogP contribution < -0.4 is 4.74 Å². The van der Waals surface area contributed by atoms with E-state index in [4.69, 9.17) is 9.47 Å². The van der Waals surface area contributed by atoms with E-state index in [0.717, 1.165) is 10.5 Å². The summed E-state index contributed by atoms with van der Waals surface area (Å²) in [6, 6.07) is 11.7. The predicted molar refractivity (Wildman–Crippen MR) is 80.3 cm³/mol. The second-order valence-electron chi connectivity index (χ2n) is 4.24. The third-order valence-electron chi connectivity index (χ3n) is 2.90. The lowest BCUT2D eigenvalue weighted by Gasteiger charge is -2.12. The maximum absolute atomic E-state index is 13.2. The van der Waals surface area contributed by atoms with E-state index in [9.17, 15) is 9.18 Å². The third-order valence-corrected chi connectivity index (χ3v) is 3.94. The molecule has 0 unspecified atom stereocenters. The molecule has 0 aromatic heterocycles. The molecule has 0 heterocycles. The molecule has 0 radical (unpaired) electrons. The normalized spacial score (nSPS) is 10.2. The van der Waals surface area contributed by atoms with Crippen molar-refractivity contribution < 1.29 is 18.7 Å². The van der Waals surface area contributed by atoms with Gasteiger partial charge in [-0.25, -0.2) is 9.18 Å². The first-order valence-electron chi connectivity index (χ1n) is 6.28. The maximum atomic E-state index is 13.2. The van der Waals surface area contributed by atoms with Crippen LogP contribution >= 0.6 is 11.8 Å². The van der Waals surface area contributed by atoms with E-state index in [2.05, 4.69) is 0 Å². The van der Waals surface area contributed by atoms with E-state index >= 15 is 0 Å². The highest BCUT2D eigenvalue weighted by Crippen LogP contribution is 2.31. The van der Waals surface area contributed by atoms with Crippen molar-refractivity contribution in [1.82, 2.24) is 0 Å². The molecule has 0 saturated heterocycles. The smallest absolute Gasteiger partial charge is 0.341 e. The Bertz CT molecular complexity index is 643. The van der Waals surface area contributed by atoms with E-state index < -0.39 is 5.97 Å². The van der Waals surface area contributed by atoms with Gasteiger partial charge in [-0.2, -0.15) is 0 Å². The lowest BCUT2D eigenvalue weighted by Crippen LogP contribution is -2.05. The van der Waals surface area contributed by atoms with Crippen molar-refractivity contribution in [2.75, 3.05) is 14.2 Å². The topological polar surface area (TPSA) is 35.5 Å². The fourth-order valence-corrected chi connectivity index (χ4v) is 2.85. The van der Waals surface area contributed by atoms with Gasteiger partial charge >= 0.3 is 5.97 Å². The number of halogens is 1. The molecule has 0 aliphatic heterocycles. The summed E-state index contributed by atoms with van der Waals surface area (Å²) < 4.78 is 23.2. The Hall–Kier alpha value is -2.01. The molecule has 0 saturated carbocycles. The third kappa shape index (κ3) is 3.76. The van der Waals surface area contributed by atoms with Crippen molar-refractivity contribution in [3.8, 4) is 5.75 Å². The van der Waals surface area contributed by atoms with E-state index in [1.54, 1.807) is 18.2 Å². The SMILES string of the molecule is COC(=O)c1cccc(CSc2cccc(F)c2)c1OC. The minimum atomic E-state index is -0.440. The molecule has 0 fully saturated rings. The van der Waals surface area contributed by atoms with Crippen LogP contribution in [-0.2, 0) is 10.5 Å². The van der Waals surface area contributed by atoms with Crippen molar-refractivity contribution in [1.29, 1.82) is 0 Å². The van der Waals surface area contributed by atoms with Gasteiger partial charge < -0.3 is 9.47 Å². The summed E-state index contributed by atoms with van der Waals surface area (Å²) in [4.78, 5) is 12.5. The minimum Gasteiger partial charge on any atom is -0.496 e. The number of rotatable bonds is 5. The Labute approximate surface area is 127 Å². The van der Waals surface area contributed by atoms with Crippen LogP contribution in [0.1, 0.15) is 15.9 Å². The van der Waals surface area contributed by atoms with E-state index in [0.29, 0.717) is 17.1 Å². The first-order valence-corrected chi connectivity index (χ1v) is 7.27. The molecule has 2 aromatic carbocycles. The first-order chi connectivity index (χ1) is 10.2. The van der Waals surface area contributed by atoms with Crippen LogP contribution in [0.5, 0.6) is 5.75 Å². The Morgan fingerprint density at radius 3 is 2.62 bits per heavy atom. The molecule has 2 aromatic rings. The molecule has 2 rings (SSSR count). The number of hydrogen-bond donors (Lipinski definition) is 0. The number of carbonyl (C=O) groups is 1. The molecule has 0 bridgehead atoms. The number of methoxy groups -OCH3 is 2. The average molecular weight is 306 g/mol. The molecule has 110 valence electrons. The molecule has 0 amide bonds. The van der Waals surface area contributed by atoms with Crippen LogP contribution in [0.2, 0.25) is 0 Å². The summed E-state index contributed by atoms with van der Waals surface area (Å²) in [6.07, 6.45) is 0. The lowest BCUT2D eigenvalue weighted by atomic mass is 10.1. The summed E-state index contributed by atoms with van der Waals surface area (Å²) in [5.74, 6) is 0.352. The number of ether oxygens (including phenoxy) is 2. The number of benzene rings is 2. The van der Waals surface area contributed by atoms with E-state index in [-0.39, 0.29) is 5.82 Å². The van der Waals surface area contributed by atoms with Crippen molar-refractivity contribution in [2.24, 2.45) is 0 Å². The van der Waals surface area contributed by atoms with Gasteiger partial charge in [0.1, 0.15) is 17.1 Å². The summed E-state index contributed by atoms with van der Waals surface area (Å²) in [5, 5.41) is 0. The molecular weight excluding hydrogens is 291 g/mol. The molecule has 5 heteroatoms. The summed E-state index contributed by atoms with van der Waals surface area (Å²) >= 11 is 1.47. The highest BCUT2D eigenvalue weighted by Gasteiger charge is 2.16. The molecule has 0 spiro atoms. The van der Waals surface area contributed by atoms with Crippen LogP contribution in [0, 0.1) is 5.82 Å². The zero-order valence-electron chi connectivity index (χ0n) is 11.8. The quantitative estimate of drug-likeness (QED) is 0.620. The average Bonchev–Trinajstić information content (AvgIpc) is 2.51. The maximum Gasteiger partial charge on any atom is 0.341 e. The van der Waals surface area contributed by atoms with Gasteiger partial charge in [0.25, 0.3) is 0 Å². The van der Waals surface area contributed by atoms with Crippen LogP contribution in [0.3, 0.4) is 0 Å². The number of carbonyl (C=O) groups excluding carboxylic acids is 1. The van der Waals surface area contributed by atoms with Crippen LogP contribution in [0.15, 0.2) is 47.4 Å². The predicted octanol–water partition coefficient (Wildman–Crippen LogP) is 3.91. The van der Waals surface area contributed by atoms with Gasteiger partial charge in [0.15, 0.2) is 0 Å². The van der Waals surface area contributed by atoms with Gasteiger partial charge in [0.2, 0.25) is 0 Å². The number of thioether (sulfide) groups is 1. The van der Waals surface area contributed by atoms with E-state index in [1.807, 2.05) is 12.1 Å². The fourth-order valence-electron chi connectivity index (χ4n) is 1.93. The number of para-hydroxylation sites is 1. The minimum absolute atomic E-state index is 0.268. The van der Waals surface area contributed by atoms with E-state index in [1.165, 1.54) is 38.1 Å². The molecule has 21 heavy (non-hydrogen) atoms. The molecule has 3 nitrogen and oxygen atoms in total. The molecule has 0 aliphatic rings. The zero-order valence-corrected chi connectivity index (χ0v) is 12.6. The fraction of sp³-hybridized carbons (Fsp3) is 0.188. The zero-order chi connectivity index (χ0) is 15.2. The summed E-state index contributed by atoms with van der Waals surface area (Å²) in [7, 11) is 2.84. The second kappa shape index (κ2) is 7.13. The largest absolute Gasteiger partial charge is 0.496 e. The summed E-state index contributed by atoms with van der Waals surface area (Å²) in [6.45, 7) is 0. The highest BCUT2D eigenvalue weighted by molar-refractivity contribution is 7.98. The highest BCUT2D eigenvalue weighted by atomic mass is 32.2. The molecule has 0 N–H and O–H groups in total. The first kappa shape index (κ1) is 15.4. The van der Waals surface area contributed by atoms with Crippen molar-refractivity contribution >= 4 is 17.7 Å². The van der Waals surface area contributed by atoms with Gasteiger partial charge in [-0.15, -0.1) is 11.8 Å². The van der Waals surface area contributed by atoms with Crippen LogP contribution in [0.4, 0.5) is 4.39 Å². The summed E-state index contributed by atoms with van der Waals surface area (Å²) in [5.41, 5.74) is 1.24. The molecule has 0 aliphatic carbocycles.